The summed E-state index contributed by atoms with van der Waals surface area (Å²) in [7, 11) is 1.64. The maximum atomic E-state index is 12.2. The van der Waals surface area contributed by atoms with E-state index in [2.05, 4.69) is 25.3 Å². The van der Waals surface area contributed by atoms with E-state index in [4.69, 9.17) is 11.6 Å². The second-order valence-corrected chi connectivity index (χ2v) is 6.07. The molecule has 2 rings (SSSR count). The van der Waals surface area contributed by atoms with E-state index >= 15 is 0 Å². The number of pyridine rings is 1. The van der Waals surface area contributed by atoms with Gasteiger partial charge in [-0.25, -0.2) is 4.98 Å². The lowest BCUT2D eigenvalue weighted by atomic mass is 10.1. The average molecular weight is 401 g/mol. The van der Waals surface area contributed by atoms with E-state index in [-0.39, 0.29) is 5.88 Å². The monoisotopic (exact) mass is 400 g/mol. The molecule has 1 heterocycles. The van der Waals surface area contributed by atoms with Gasteiger partial charge in [-0.15, -0.1) is 0 Å². The molecular formula is C18H20ClF3N4O. The van der Waals surface area contributed by atoms with E-state index in [1.807, 2.05) is 24.3 Å². The van der Waals surface area contributed by atoms with Gasteiger partial charge in [-0.2, -0.15) is 13.2 Å². The molecule has 0 bridgehead atoms. The lowest BCUT2D eigenvalue weighted by Crippen LogP contribution is -2.37. The summed E-state index contributed by atoms with van der Waals surface area (Å²) in [5.41, 5.74) is 1.87. The summed E-state index contributed by atoms with van der Waals surface area (Å²) >= 11 is 5.86. The molecule has 0 fully saturated rings. The number of aliphatic imine (C=N–C) groups is 1. The van der Waals surface area contributed by atoms with Crippen LogP contribution in [0.5, 0.6) is 5.88 Å². The lowest BCUT2D eigenvalue weighted by Gasteiger charge is -2.13. The summed E-state index contributed by atoms with van der Waals surface area (Å²) in [4.78, 5) is 7.89. The Labute approximate surface area is 160 Å². The van der Waals surface area contributed by atoms with Crippen LogP contribution in [0.25, 0.3) is 0 Å². The van der Waals surface area contributed by atoms with Crippen molar-refractivity contribution in [2.24, 2.45) is 4.99 Å². The molecule has 146 valence electrons. The van der Waals surface area contributed by atoms with E-state index in [9.17, 15) is 13.2 Å². The van der Waals surface area contributed by atoms with Crippen LogP contribution >= 0.6 is 11.6 Å². The first-order chi connectivity index (χ1) is 12.9. The molecule has 0 saturated heterocycles. The van der Waals surface area contributed by atoms with E-state index in [0.717, 1.165) is 17.5 Å². The number of benzene rings is 1. The molecule has 0 radical (unpaired) electrons. The highest BCUT2D eigenvalue weighted by atomic mass is 35.5. The highest BCUT2D eigenvalue weighted by Crippen LogP contribution is 2.17. The van der Waals surface area contributed by atoms with Gasteiger partial charge in [0.15, 0.2) is 12.6 Å². The molecule has 27 heavy (non-hydrogen) atoms. The summed E-state index contributed by atoms with van der Waals surface area (Å²) in [5, 5.41) is 6.96. The van der Waals surface area contributed by atoms with Crippen LogP contribution in [0.1, 0.15) is 11.1 Å². The van der Waals surface area contributed by atoms with Gasteiger partial charge in [0, 0.05) is 37.4 Å². The SMILES string of the molecule is CN=C(NCCc1ccc(Cl)cc1)NCc1ccnc(OCC(F)(F)F)c1. The van der Waals surface area contributed by atoms with E-state index in [0.29, 0.717) is 24.1 Å². The van der Waals surface area contributed by atoms with Crippen LogP contribution in [0.4, 0.5) is 13.2 Å². The Bertz CT molecular complexity index is 751. The molecule has 5 nitrogen and oxygen atoms in total. The van der Waals surface area contributed by atoms with Gasteiger partial charge in [-0.1, -0.05) is 23.7 Å². The van der Waals surface area contributed by atoms with Crippen LogP contribution in [0.3, 0.4) is 0 Å². The Kier molecular flexibility index (Phi) is 7.72. The molecular weight excluding hydrogens is 381 g/mol. The third-order valence-corrected chi connectivity index (χ3v) is 3.74. The van der Waals surface area contributed by atoms with Gasteiger partial charge < -0.3 is 15.4 Å². The zero-order valence-corrected chi connectivity index (χ0v) is 15.4. The molecule has 0 aliphatic rings. The Hall–Kier alpha value is -2.48. The standard InChI is InChI=1S/C18H20ClF3N4O/c1-23-17(25-9-6-13-2-4-15(19)5-3-13)26-11-14-7-8-24-16(10-14)27-12-18(20,21)22/h2-5,7-8,10H,6,9,11-12H2,1H3,(H2,23,25,26). The fourth-order valence-electron chi connectivity index (χ4n) is 2.18. The Morgan fingerprint density at radius 1 is 1.15 bits per heavy atom. The van der Waals surface area contributed by atoms with Crippen molar-refractivity contribution in [2.75, 3.05) is 20.2 Å². The first-order valence-electron chi connectivity index (χ1n) is 8.19. The summed E-state index contributed by atoms with van der Waals surface area (Å²) < 4.78 is 41.3. The molecule has 0 atom stereocenters. The van der Waals surface area contributed by atoms with Gasteiger partial charge >= 0.3 is 6.18 Å². The maximum Gasteiger partial charge on any atom is 0.422 e. The number of guanidine groups is 1. The van der Waals surface area contributed by atoms with Crippen molar-refractivity contribution in [1.29, 1.82) is 0 Å². The molecule has 2 N–H and O–H groups in total. The van der Waals surface area contributed by atoms with Crippen LogP contribution < -0.4 is 15.4 Å². The number of hydrogen-bond donors (Lipinski definition) is 2. The van der Waals surface area contributed by atoms with Gasteiger partial charge in [0.1, 0.15) is 0 Å². The van der Waals surface area contributed by atoms with E-state index in [1.165, 1.54) is 12.3 Å². The van der Waals surface area contributed by atoms with Crippen molar-refractivity contribution in [1.82, 2.24) is 15.6 Å². The van der Waals surface area contributed by atoms with Gasteiger partial charge in [-0.3, -0.25) is 4.99 Å². The number of nitrogens with zero attached hydrogens (tertiary/aromatic N) is 2. The number of nitrogens with one attached hydrogen (secondary N) is 2. The molecule has 2 aromatic rings. The quantitative estimate of drug-likeness (QED) is 0.551. The summed E-state index contributed by atoms with van der Waals surface area (Å²) in [6.45, 7) is -0.339. The maximum absolute atomic E-state index is 12.2. The normalized spacial score (nSPS) is 12.0. The Morgan fingerprint density at radius 3 is 2.56 bits per heavy atom. The third kappa shape index (κ3) is 8.17. The van der Waals surface area contributed by atoms with Crippen molar-refractivity contribution in [3.8, 4) is 5.88 Å². The predicted octanol–water partition coefficient (Wildman–Crippen LogP) is 3.58. The molecule has 1 aromatic carbocycles. The van der Waals surface area contributed by atoms with Crippen LogP contribution in [-0.4, -0.2) is 37.3 Å². The first kappa shape index (κ1) is 20.8. The fourth-order valence-corrected chi connectivity index (χ4v) is 2.30. The van der Waals surface area contributed by atoms with E-state index < -0.39 is 12.8 Å². The molecule has 0 aliphatic carbocycles. The average Bonchev–Trinajstić information content (AvgIpc) is 2.64. The first-order valence-corrected chi connectivity index (χ1v) is 8.57. The summed E-state index contributed by atoms with van der Waals surface area (Å²) in [6.07, 6.45) is -2.20. The zero-order chi connectivity index (χ0) is 19.7. The van der Waals surface area contributed by atoms with Gasteiger partial charge in [0.2, 0.25) is 5.88 Å². The molecule has 9 heteroatoms. The zero-order valence-electron chi connectivity index (χ0n) is 14.7. The fraction of sp³-hybridized carbons (Fsp3) is 0.333. The molecule has 0 amide bonds. The van der Waals surface area contributed by atoms with Crippen molar-refractivity contribution in [3.63, 3.8) is 0 Å². The van der Waals surface area contributed by atoms with Crippen LogP contribution in [0.15, 0.2) is 47.6 Å². The second kappa shape index (κ2) is 10.0. The number of aromatic nitrogens is 1. The van der Waals surface area contributed by atoms with E-state index in [1.54, 1.807) is 13.1 Å². The Morgan fingerprint density at radius 2 is 1.89 bits per heavy atom. The summed E-state index contributed by atoms with van der Waals surface area (Å²) in [6, 6.07) is 10.7. The smallest absolute Gasteiger partial charge is 0.422 e. The largest absolute Gasteiger partial charge is 0.468 e. The highest BCUT2D eigenvalue weighted by Gasteiger charge is 2.28. The van der Waals surface area contributed by atoms with Crippen LogP contribution in [0, 0.1) is 0 Å². The van der Waals surface area contributed by atoms with Crippen LogP contribution in [-0.2, 0) is 13.0 Å². The molecule has 0 spiro atoms. The third-order valence-electron chi connectivity index (χ3n) is 3.49. The van der Waals surface area contributed by atoms with Crippen molar-refractivity contribution in [3.05, 3.63) is 58.7 Å². The Balaban J connectivity index is 1.79. The predicted molar refractivity (Wildman–Crippen MR) is 99.1 cm³/mol. The number of ether oxygens (including phenoxy) is 1. The highest BCUT2D eigenvalue weighted by molar-refractivity contribution is 6.30. The number of alkyl halides is 3. The molecule has 0 unspecified atom stereocenters. The second-order valence-electron chi connectivity index (χ2n) is 5.64. The molecule has 0 aliphatic heterocycles. The lowest BCUT2D eigenvalue weighted by molar-refractivity contribution is -0.154. The van der Waals surface area contributed by atoms with Crippen molar-refractivity contribution < 1.29 is 17.9 Å². The minimum Gasteiger partial charge on any atom is -0.468 e. The number of halogens is 4. The van der Waals surface area contributed by atoms with Crippen molar-refractivity contribution >= 4 is 17.6 Å². The van der Waals surface area contributed by atoms with Gasteiger partial charge in [0.05, 0.1) is 0 Å². The molecule has 0 saturated carbocycles. The topological polar surface area (TPSA) is 58.5 Å². The minimum absolute atomic E-state index is 0.0719. The van der Waals surface area contributed by atoms with Crippen LogP contribution in [0.2, 0.25) is 5.02 Å². The van der Waals surface area contributed by atoms with Gasteiger partial charge in [-0.05, 0) is 35.7 Å². The summed E-state index contributed by atoms with van der Waals surface area (Å²) in [5.74, 6) is 0.510. The number of rotatable bonds is 7. The number of hydrogen-bond acceptors (Lipinski definition) is 3. The van der Waals surface area contributed by atoms with Crippen molar-refractivity contribution in [2.45, 2.75) is 19.1 Å². The van der Waals surface area contributed by atoms with Gasteiger partial charge in [0.25, 0.3) is 0 Å². The minimum atomic E-state index is -4.40. The molecule has 1 aromatic heterocycles.